The molecular weight excluding hydrogens is 236 g/mol. The molecule has 1 atom stereocenters. The lowest BCUT2D eigenvalue weighted by molar-refractivity contribution is 0.140. The van der Waals surface area contributed by atoms with Gasteiger partial charge in [0.1, 0.15) is 0 Å². The van der Waals surface area contributed by atoms with E-state index in [1.807, 2.05) is 11.7 Å². The van der Waals surface area contributed by atoms with E-state index in [-0.39, 0.29) is 0 Å². The van der Waals surface area contributed by atoms with Gasteiger partial charge in [0.05, 0.1) is 5.69 Å². The number of nitrogens with zero attached hydrogens (tertiary/aromatic N) is 3. The molecule has 0 bridgehead atoms. The highest BCUT2D eigenvalue weighted by molar-refractivity contribution is 5.19. The summed E-state index contributed by atoms with van der Waals surface area (Å²) < 4.78 is 1.93. The lowest BCUT2D eigenvalue weighted by Crippen LogP contribution is -2.38. The van der Waals surface area contributed by atoms with E-state index in [4.69, 9.17) is 0 Å². The van der Waals surface area contributed by atoms with Gasteiger partial charge in [-0.1, -0.05) is 6.92 Å². The highest BCUT2D eigenvalue weighted by Gasteiger charge is 2.24. The third-order valence-electron chi connectivity index (χ3n) is 4.38. The highest BCUT2D eigenvalue weighted by atomic mass is 15.3. The van der Waals surface area contributed by atoms with E-state index in [2.05, 4.69) is 42.3 Å². The molecule has 0 aromatic carbocycles. The van der Waals surface area contributed by atoms with E-state index in [1.54, 1.807) is 0 Å². The summed E-state index contributed by atoms with van der Waals surface area (Å²) in [5.41, 5.74) is 2.55. The first-order valence-corrected chi connectivity index (χ1v) is 7.56. The van der Waals surface area contributed by atoms with Crippen LogP contribution in [0.15, 0.2) is 6.20 Å². The Morgan fingerprint density at radius 2 is 2.11 bits per heavy atom. The van der Waals surface area contributed by atoms with Crippen LogP contribution in [0.25, 0.3) is 0 Å². The zero-order valence-corrected chi connectivity index (χ0v) is 12.8. The van der Waals surface area contributed by atoms with Crippen molar-refractivity contribution in [2.75, 3.05) is 26.2 Å². The van der Waals surface area contributed by atoms with Gasteiger partial charge in [-0.25, -0.2) is 0 Å². The summed E-state index contributed by atoms with van der Waals surface area (Å²) in [6.45, 7) is 11.3. The van der Waals surface area contributed by atoms with Crippen LogP contribution in [0.5, 0.6) is 0 Å². The Hall–Kier alpha value is -0.870. The number of aromatic nitrogens is 2. The van der Waals surface area contributed by atoms with Gasteiger partial charge in [0.25, 0.3) is 0 Å². The Bertz CT molecular complexity index is 391. The van der Waals surface area contributed by atoms with Crippen molar-refractivity contribution in [3.8, 4) is 0 Å². The van der Waals surface area contributed by atoms with E-state index >= 15 is 0 Å². The monoisotopic (exact) mass is 264 g/mol. The molecule has 1 aromatic heterocycles. The van der Waals surface area contributed by atoms with Gasteiger partial charge in [-0.3, -0.25) is 9.58 Å². The number of hydrogen-bond acceptors (Lipinski definition) is 3. The second-order valence-corrected chi connectivity index (χ2v) is 5.81. The Morgan fingerprint density at radius 1 is 1.42 bits per heavy atom. The van der Waals surface area contributed by atoms with Crippen LogP contribution in [0.2, 0.25) is 0 Å². The molecule has 1 aliphatic rings. The van der Waals surface area contributed by atoms with E-state index in [1.165, 1.54) is 43.7 Å². The number of nitrogens with one attached hydrogen (secondary N) is 1. The molecule has 4 heteroatoms. The number of rotatable bonds is 5. The maximum absolute atomic E-state index is 4.46. The molecule has 19 heavy (non-hydrogen) atoms. The average Bonchev–Trinajstić information content (AvgIpc) is 2.75. The summed E-state index contributed by atoms with van der Waals surface area (Å²) in [5.74, 6) is 0.860. The minimum absolute atomic E-state index is 0.494. The molecule has 0 radical (unpaired) electrons. The smallest absolute Gasteiger partial charge is 0.0641 e. The summed E-state index contributed by atoms with van der Waals surface area (Å²) >= 11 is 0. The Balaban J connectivity index is 1.89. The molecule has 4 nitrogen and oxygen atoms in total. The Kier molecular flexibility index (Phi) is 4.99. The van der Waals surface area contributed by atoms with Gasteiger partial charge in [0.15, 0.2) is 0 Å². The third-order valence-corrected chi connectivity index (χ3v) is 4.38. The second kappa shape index (κ2) is 6.53. The van der Waals surface area contributed by atoms with E-state index in [0.717, 1.165) is 12.5 Å². The molecule has 2 heterocycles. The minimum Gasteiger partial charge on any atom is -0.317 e. The van der Waals surface area contributed by atoms with Crippen molar-refractivity contribution >= 4 is 0 Å². The Labute approximate surface area is 117 Å². The highest BCUT2D eigenvalue weighted by Crippen LogP contribution is 2.27. The Morgan fingerprint density at radius 3 is 2.63 bits per heavy atom. The largest absolute Gasteiger partial charge is 0.317 e. The standard InChI is InChI=1S/C15H28N4/c1-5-16-10-14-6-8-19(9-7-14)13(3)15-11-18(4)17-12(15)2/h11,13-14,16H,5-10H2,1-4H3. The van der Waals surface area contributed by atoms with Crippen LogP contribution < -0.4 is 5.32 Å². The fourth-order valence-corrected chi connectivity index (χ4v) is 3.12. The second-order valence-electron chi connectivity index (χ2n) is 5.81. The average molecular weight is 264 g/mol. The first-order chi connectivity index (χ1) is 9.11. The van der Waals surface area contributed by atoms with Gasteiger partial charge in [-0.2, -0.15) is 5.10 Å². The number of piperidine rings is 1. The predicted molar refractivity (Wildman–Crippen MR) is 79.2 cm³/mol. The van der Waals surface area contributed by atoms with Crippen LogP contribution >= 0.6 is 0 Å². The van der Waals surface area contributed by atoms with Crippen molar-refractivity contribution in [3.05, 3.63) is 17.5 Å². The predicted octanol–water partition coefficient (Wildman–Crippen LogP) is 2.11. The van der Waals surface area contributed by atoms with E-state index in [0.29, 0.717) is 6.04 Å². The number of aryl methyl sites for hydroxylation is 2. The molecular formula is C15H28N4. The lowest BCUT2D eigenvalue weighted by Gasteiger charge is -2.36. The normalized spacial score (nSPS) is 19.8. The van der Waals surface area contributed by atoms with Crippen molar-refractivity contribution < 1.29 is 0 Å². The lowest BCUT2D eigenvalue weighted by atomic mass is 9.94. The first kappa shape index (κ1) is 14.5. The topological polar surface area (TPSA) is 33.1 Å². The zero-order valence-electron chi connectivity index (χ0n) is 12.8. The summed E-state index contributed by atoms with van der Waals surface area (Å²) in [5, 5.41) is 7.94. The van der Waals surface area contributed by atoms with Gasteiger partial charge in [0.2, 0.25) is 0 Å². The molecule has 2 rings (SSSR count). The van der Waals surface area contributed by atoms with Crippen molar-refractivity contribution in [1.82, 2.24) is 20.0 Å². The third kappa shape index (κ3) is 3.57. The molecule has 1 N–H and O–H groups in total. The summed E-state index contributed by atoms with van der Waals surface area (Å²) in [6, 6.07) is 0.494. The van der Waals surface area contributed by atoms with Gasteiger partial charge in [0, 0.05) is 24.8 Å². The van der Waals surface area contributed by atoms with Crippen LogP contribution in [0, 0.1) is 12.8 Å². The molecule has 0 aliphatic carbocycles. The molecule has 1 saturated heterocycles. The van der Waals surface area contributed by atoms with Crippen LogP contribution in [0.1, 0.15) is 44.0 Å². The fraction of sp³-hybridized carbons (Fsp3) is 0.800. The maximum Gasteiger partial charge on any atom is 0.0641 e. The van der Waals surface area contributed by atoms with Gasteiger partial charge >= 0.3 is 0 Å². The van der Waals surface area contributed by atoms with Crippen LogP contribution in [0.4, 0.5) is 0 Å². The van der Waals surface area contributed by atoms with Gasteiger partial charge in [-0.15, -0.1) is 0 Å². The SMILES string of the molecule is CCNCC1CCN(C(C)c2cn(C)nc2C)CC1. The summed E-state index contributed by atoms with van der Waals surface area (Å²) in [4.78, 5) is 2.60. The van der Waals surface area contributed by atoms with Crippen LogP contribution in [-0.2, 0) is 7.05 Å². The summed E-state index contributed by atoms with van der Waals surface area (Å²) in [7, 11) is 2.01. The molecule has 0 saturated carbocycles. The van der Waals surface area contributed by atoms with Crippen molar-refractivity contribution in [1.29, 1.82) is 0 Å². The van der Waals surface area contributed by atoms with Crippen molar-refractivity contribution in [2.24, 2.45) is 13.0 Å². The molecule has 1 aliphatic heterocycles. The molecule has 0 amide bonds. The minimum atomic E-state index is 0.494. The molecule has 0 spiro atoms. The van der Waals surface area contributed by atoms with Gasteiger partial charge < -0.3 is 5.32 Å². The van der Waals surface area contributed by atoms with Gasteiger partial charge in [-0.05, 0) is 58.8 Å². The van der Waals surface area contributed by atoms with E-state index in [9.17, 15) is 0 Å². The molecule has 108 valence electrons. The number of likely N-dealkylation sites (tertiary alicyclic amines) is 1. The van der Waals surface area contributed by atoms with Crippen LogP contribution in [-0.4, -0.2) is 40.9 Å². The van der Waals surface area contributed by atoms with Crippen molar-refractivity contribution in [3.63, 3.8) is 0 Å². The van der Waals surface area contributed by atoms with Crippen LogP contribution in [0.3, 0.4) is 0 Å². The van der Waals surface area contributed by atoms with Crippen molar-refractivity contribution in [2.45, 2.75) is 39.7 Å². The fourth-order valence-electron chi connectivity index (χ4n) is 3.12. The quantitative estimate of drug-likeness (QED) is 0.884. The molecule has 1 aromatic rings. The first-order valence-electron chi connectivity index (χ1n) is 7.56. The van der Waals surface area contributed by atoms with E-state index < -0.39 is 0 Å². The molecule has 1 fully saturated rings. The number of hydrogen-bond donors (Lipinski definition) is 1. The maximum atomic E-state index is 4.46. The molecule has 1 unspecified atom stereocenters. The zero-order chi connectivity index (χ0) is 13.8. The summed E-state index contributed by atoms with van der Waals surface area (Å²) in [6.07, 6.45) is 4.80.